The third-order valence-corrected chi connectivity index (χ3v) is 1.29. The Bertz CT molecular complexity index is 226. The minimum atomic E-state index is -1.54. The molecule has 1 aliphatic rings. The van der Waals surface area contributed by atoms with Crippen LogP contribution in [0, 0.1) is 0 Å². The molecule has 1 saturated heterocycles. The van der Waals surface area contributed by atoms with Crippen molar-refractivity contribution in [2.75, 3.05) is 19.8 Å². The molecule has 64 valence electrons. The number of hydrogen-bond acceptors (Lipinski definition) is 6. The van der Waals surface area contributed by atoms with E-state index in [9.17, 15) is 9.59 Å². The zero-order chi connectivity index (χ0) is 8.86. The lowest BCUT2D eigenvalue weighted by Gasteiger charge is -2.26. The smallest absolute Gasteiger partial charge is 0.302 e. The van der Waals surface area contributed by atoms with Crippen LogP contribution in [0.4, 0.5) is 0 Å². The number of hydrogen-bond donors (Lipinski definition) is 0. The lowest BCUT2D eigenvalue weighted by Crippen LogP contribution is -2.39. The highest BCUT2D eigenvalue weighted by Gasteiger charge is 2.33. The van der Waals surface area contributed by atoms with E-state index in [0.717, 1.165) is 0 Å². The quantitative estimate of drug-likeness (QED) is 0.408. The molecule has 0 saturated carbocycles. The first-order chi connectivity index (χ1) is 5.83. The molecule has 0 amide bonds. The van der Waals surface area contributed by atoms with E-state index in [1.54, 1.807) is 0 Å². The van der Waals surface area contributed by atoms with Crippen LogP contribution in [0.2, 0.25) is 0 Å². The lowest BCUT2D eigenvalue weighted by atomic mass is 10.4. The number of ether oxygens (including phenoxy) is 2. The summed E-state index contributed by atoms with van der Waals surface area (Å²) in [6, 6.07) is 0. The average molecular weight is 170 g/mol. The largest absolute Gasteiger partial charge is 0.372 e. The van der Waals surface area contributed by atoms with Crippen LogP contribution in [0.15, 0.2) is 9.98 Å². The molecule has 6 nitrogen and oxygen atoms in total. The highest BCUT2D eigenvalue weighted by atomic mass is 16.6. The Hall–Kier alpha value is -1.32. The first-order valence-corrected chi connectivity index (χ1v) is 3.23. The van der Waals surface area contributed by atoms with Gasteiger partial charge in [0, 0.05) is 0 Å². The van der Waals surface area contributed by atoms with Gasteiger partial charge in [-0.25, -0.2) is 9.59 Å². The van der Waals surface area contributed by atoms with Gasteiger partial charge in [0.15, 0.2) is 0 Å². The molecule has 0 N–H and O–H groups in total. The van der Waals surface area contributed by atoms with Crippen LogP contribution in [0.25, 0.3) is 0 Å². The molecule has 0 spiro atoms. The molecule has 0 bridgehead atoms. The zero-order valence-electron chi connectivity index (χ0n) is 6.15. The second kappa shape index (κ2) is 3.90. The number of rotatable bonds is 2. The molecule has 0 unspecified atom stereocenters. The topological polar surface area (TPSA) is 77.3 Å². The minimum Gasteiger partial charge on any atom is -0.372 e. The van der Waals surface area contributed by atoms with Gasteiger partial charge in [0.05, 0.1) is 13.2 Å². The Kier molecular flexibility index (Phi) is 2.85. The number of isocyanates is 2. The van der Waals surface area contributed by atoms with Crippen molar-refractivity contribution in [3.8, 4) is 0 Å². The van der Waals surface area contributed by atoms with Crippen molar-refractivity contribution in [1.29, 1.82) is 0 Å². The van der Waals surface area contributed by atoms with Crippen molar-refractivity contribution in [3.63, 3.8) is 0 Å². The SMILES string of the molecule is O=C=NC1(N=C=O)COCCO1. The van der Waals surface area contributed by atoms with Crippen LogP contribution in [0.3, 0.4) is 0 Å². The number of aliphatic imine (C=N–C) groups is 2. The van der Waals surface area contributed by atoms with Crippen molar-refractivity contribution in [1.82, 2.24) is 0 Å². The number of carbonyl (C=O) groups excluding carboxylic acids is 2. The molecular weight excluding hydrogens is 164 g/mol. The van der Waals surface area contributed by atoms with E-state index < -0.39 is 5.85 Å². The summed E-state index contributed by atoms with van der Waals surface area (Å²) in [6.45, 7) is 0.568. The molecule has 0 radical (unpaired) electrons. The van der Waals surface area contributed by atoms with Gasteiger partial charge in [-0.3, -0.25) is 0 Å². The van der Waals surface area contributed by atoms with Crippen molar-refractivity contribution in [2.45, 2.75) is 5.85 Å². The van der Waals surface area contributed by atoms with Crippen LogP contribution in [0.1, 0.15) is 0 Å². The van der Waals surface area contributed by atoms with Gasteiger partial charge >= 0.3 is 5.85 Å². The maximum Gasteiger partial charge on any atom is 0.302 e. The fourth-order valence-corrected chi connectivity index (χ4v) is 0.808. The second-order valence-corrected chi connectivity index (χ2v) is 2.05. The molecular formula is C6H6N2O4. The maximum absolute atomic E-state index is 9.94. The van der Waals surface area contributed by atoms with E-state index in [1.807, 2.05) is 0 Å². The molecule has 6 heteroatoms. The van der Waals surface area contributed by atoms with Gasteiger partial charge < -0.3 is 9.47 Å². The van der Waals surface area contributed by atoms with E-state index in [2.05, 4.69) is 9.98 Å². The monoisotopic (exact) mass is 170 g/mol. The summed E-state index contributed by atoms with van der Waals surface area (Å²) in [6.07, 6.45) is 2.52. The van der Waals surface area contributed by atoms with Crippen molar-refractivity contribution >= 4 is 12.2 Å². The number of nitrogens with zero attached hydrogens (tertiary/aromatic N) is 2. The predicted octanol–water partition coefficient (Wildman–Crippen LogP) is -0.641. The summed E-state index contributed by atoms with van der Waals surface area (Å²) >= 11 is 0. The van der Waals surface area contributed by atoms with Gasteiger partial charge in [0.2, 0.25) is 12.2 Å². The Morgan fingerprint density at radius 3 is 2.25 bits per heavy atom. The Morgan fingerprint density at radius 1 is 1.17 bits per heavy atom. The summed E-state index contributed by atoms with van der Waals surface area (Å²) in [7, 11) is 0. The van der Waals surface area contributed by atoms with Crippen LogP contribution >= 0.6 is 0 Å². The third-order valence-electron chi connectivity index (χ3n) is 1.29. The van der Waals surface area contributed by atoms with Crippen molar-refractivity contribution < 1.29 is 19.1 Å². The fourth-order valence-electron chi connectivity index (χ4n) is 0.808. The summed E-state index contributed by atoms with van der Waals surface area (Å²) in [4.78, 5) is 26.3. The third kappa shape index (κ3) is 1.84. The molecule has 0 aromatic heterocycles. The van der Waals surface area contributed by atoms with E-state index in [0.29, 0.717) is 6.61 Å². The summed E-state index contributed by atoms with van der Waals surface area (Å²) < 4.78 is 9.88. The lowest BCUT2D eigenvalue weighted by molar-refractivity contribution is -0.147. The predicted molar refractivity (Wildman–Crippen MR) is 35.7 cm³/mol. The van der Waals surface area contributed by atoms with Gasteiger partial charge in [-0.2, -0.15) is 0 Å². The molecule has 1 fully saturated rings. The van der Waals surface area contributed by atoms with Crippen LogP contribution < -0.4 is 0 Å². The summed E-state index contributed by atoms with van der Waals surface area (Å²) in [5.41, 5.74) is 0. The Morgan fingerprint density at radius 2 is 1.83 bits per heavy atom. The van der Waals surface area contributed by atoms with Gasteiger partial charge in [-0.15, -0.1) is 9.98 Å². The molecule has 0 aliphatic carbocycles. The second-order valence-electron chi connectivity index (χ2n) is 2.05. The van der Waals surface area contributed by atoms with Crippen LogP contribution in [0.5, 0.6) is 0 Å². The van der Waals surface area contributed by atoms with E-state index in [-0.39, 0.29) is 13.2 Å². The summed E-state index contributed by atoms with van der Waals surface area (Å²) in [5, 5.41) is 0. The fraction of sp³-hybridized carbons (Fsp3) is 0.667. The standard InChI is InChI=1S/C6H6N2O4/c9-4-7-6(8-5-10)3-11-1-2-12-6/h1-3H2. The molecule has 1 aliphatic heterocycles. The van der Waals surface area contributed by atoms with E-state index in [4.69, 9.17) is 9.47 Å². The molecule has 12 heavy (non-hydrogen) atoms. The van der Waals surface area contributed by atoms with Crippen LogP contribution in [-0.2, 0) is 19.1 Å². The average Bonchev–Trinajstić information content (AvgIpc) is 2.07. The van der Waals surface area contributed by atoms with Gasteiger partial charge in [0.1, 0.15) is 6.61 Å². The first-order valence-electron chi connectivity index (χ1n) is 3.23. The highest BCUT2D eigenvalue weighted by Crippen LogP contribution is 2.17. The highest BCUT2D eigenvalue weighted by molar-refractivity contribution is 5.38. The maximum atomic E-state index is 9.94. The normalized spacial score (nSPS) is 28.3. The van der Waals surface area contributed by atoms with Gasteiger partial charge in [0.25, 0.3) is 0 Å². The molecule has 0 atom stereocenters. The van der Waals surface area contributed by atoms with Gasteiger partial charge in [-0.05, 0) is 0 Å². The molecule has 0 aromatic carbocycles. The van der Waals surface area contributed by atoms with Crippen molar-refractivity contribution in [2.24, 2.45) is 9.98 Å². The Balaban J connectivity index is 2.82. The van der Waals surface area contributed by atoms with Crippen molar-refractivity contribution in [3.05, 3.63) is 0 Å². The van der Waals surface area contributed by atoms with Crippen LogP contribution in [-0.4, -0.2) is 37.8 Å². The Labute approximate surface area is 67.9 Å². The zero-order valence-corrected chi connectivity index (χ0v) is 6.15. The molecule has 1 rings (SSSR count). The van der Waals surface area contributed by atoms with Gasteiger partial charge in [-0.1, -0.05) is 0 Å². The minimum absolute atomic E-state index is 0.0581. The first kappa shape index (κ1) is 8.77. The van der Waals surface area contributed by atoms with E-state index >= 15 is 0 Å². The van der Waals surface area contributed by atoms with E-state index in [1.165, 1.54) is 12.2 Å². The molecule has 0 aromatic rings. The molecule has 1 heterocycles. The summed E-state index contributed by atoms with van der Waals surface area (Å²) in [5.74, 6) is -1.54.